The molecule has 0 unspecified atom stereocenters. The first kappa shape index (κ1) is 7.52. The Bertz CT molecular complexity index is 453. The molecule has 0 aromatic heterocycles. The Balaban J connectivity index is 1.88. The van der Waals surface area contributed by atoms with Crippen molar-refractivity contribution in [3.8, 4) is 0 Å². The van der Waals surface area contributed by atoms with Gasteiger partial charge < -0.3 is 0 Å². The van der Waals surface area contributed by atoms with E-state index in [1.54, 1.807) is 0 Å². The summed E-state index contributed by atoms with van der Waals surface area (Å²) >= 11 is 1.97. The molecular weight excluding hydrogens is 192 g/mol. The molecule has 4 rings (SSSR count). The van der Waals surface area contributed by atoms with Gasteiger partial charge in [0.2, 0.25) is 0 Å². The van der Waals surface area contributed by atoms with Gasteiger partial charge in [0.05, 0.1) is 0 Å². The lowest BCUT2D eigenvalue weighted by Gasteiger charge is -2.05. The fourth-order valence-corrected chi connectivity index (χ4v) is 5.11. The van der Waals surface area contributed by atoms with Gasteiger partial charge in [0.25, 0.3) is 0 Å². The minimum absolute atomic E-state index is 0.320. The Morgan fingerprint density at radius 3 is 3.07 bits per heavy atom. The first-order valence-electron chi connectivity index (χ1n) is 5.13. The molecule has 14 heavy (non-hydrogen) atoms. The van der Waals surface area contributed by atoms with Crippen LogP contribution in [-0.4, -0.2) is 10.5 Å². The van der Waals surface area contributed by atoms with Gasteiger partial charge in [-0.05, 0) is 18.1 Å². The summed E-state index contributed by atoms with van der Waals surface area (Å²) in [5.74, 6) is 1.46. The normalized spacial score (nSPS) is 41.9. The number of benzene rings is 1. The van der Waals surface area contributed by atoms with E-state index in [1.165, 1.54) is 10.5 Å². The highest BCUT2D eigenvalue weighted by molar-refractivity contribution is 8.01. The quantitative estimate of drug-likeness (QED) is 0.643. The minimum Gasteiger partial charge on any atom is -0.299 e. The molecule has 0 radical (unpaired) electrons. The van der Waals surface area contributed by atoms with Crippen LogP contribution in [0.5, 0.6) is 0 Å². The second-order valence-electron chi connectivity index (χ2n) is 4.52. The summed E-state index contributed by atoms with van der Waals surface area (Å²) in [4.78, 5) is 13.0. The van der Waals surface area contributed by atoms with Crippen molar-refractivity contribution in [1.82, 2.24) is 0 Å². The van der Waals surface area contributed by atoms with Crippen LogP contribution in [0.3, 0.4) is 0 Å². The zero-order chi connectivity index (χ0) is 9.34. The monoisotopic (exact) mass is 202 g/mol. The summed E-state index contributed by atoms with van der Waals surface area (Å²) < 4.78 is 0.320. The number of Topliss-reactive ketones (excluding diaryl/α,β-unsaturated/α-hetero) is 1. The Morgan fingerprint density at radius 2 is 2.14 bits per heavy atom. The number of thioether (sulfide) groups is 1. The van der Waals surface area contributed by atoms with Crippen LogP contribution < -0.4 is 0 Å². The van der Waals surface area contributed by atoms with Crippen LogP contribution in [0.15, 0.2) is 29.2 Å². The maximum absolute atomic E-state index is 11.6. The summed E-state index contributed by atoms with van der Waals surface area (Å²) in [5.41, 5.74) is 1.44. The predicted octanol–water partition coefficient (Wildman–Crippen LogP) is 2.61. The van der Waals surface area contributed by atoms with Crippen molar-refractivity contribution in [2.45, 2.75) is 28.4 Å². The minimum atomic E-state index is 0.320. The fraction of sp³-hybridized carbons (Fsp3) is 0.417. The van der Waals surface area contributed by atoms with Crippen molar-refractivity contribution in [2.24, 2.45) is 5.92 Å². The number of carbonyl (C=O) groups excluding carboxylic acids is 1. The summed E-state index contributed by atoms with van der Waals surface area (Å²) in [6.45, 7) is 0. The highest BCUT2D eigenvalue weighted by Gasteiger charge is 2.74. The topological polar surface area (TPSA) is 17.1 Å². The Labute approximate surface area is 86.9 Å². The van der Waals surface area contributed by atoms with Gasteiger partial charge in [-0.1, -0.05) is 18.2 Å². The Morgan fingerprint density at radius 1 is 1.29 bits per heavy atom. The van der Waals surface area contributed by atoms with E-state index >= 15 is 0 Å². The van der Waals surface area contributed by atoms with E-state index in [4.69, 9.17) is 0 Å². The molecule has 2 heteroatoms. The molecule has 2 fully saturated rings. The van der Waals surface area contributed by atoms with Crippen molar-refractivity contribution in [2.75, 3.05) is 0 Å². The molecule has 2 aliphatic carbocycles. The number of carbonyl (C=O) groups is 1. The molecule has 0 amide bonds. The van der Waals surface area contributed by atoms with Gasteiger partial charge in [-0.25, -0.2) is 0 Å². The third-order valence-corrected chi connectivity index (χ3v) is 5.62. The molecule has 3 aliphatic rings. The zero-order valence-corrected chi connectivity index (χ0v) is 8.51. The molecule has 3 atom stereocenters. The van der Waals surface area contributed by atoms with Crippen molar-refractivity contribution in [3.05, 3.63) is 29.8 Å². The molecule has 0 saturated heterocycles. The zero-order valence-electron chi connectivity index (χ0n) is 7.69. The maximum Gasteiger partial charge on any atom is 0.138 e. The molecule has 0 N–H and O–H groups in total. The number of ketones is 1. The van der Waals surface area contributed by atoms with Crippen LogP contribution in [-0.2, 0) is 4.79 Å². The average Bonchev–Trinajstić information content (AvgIpc) is 2.54. The van der Waals surface area contributed by atoms with Gasteiger partial charge in [-0.3, -0.25) is 4.79 Å². The molecule has 1 spiro atoms. The van der Waals surface area contributed by atoms with Gasteiger partial charge in [0, 0.05) is 27.9 Å². The Kier molecular flexibility index (Phi) is 1.12. The van der Waals surface area contributed by atoms with E-state index in [0.717, 1.165) is 12.8 Å². The number of hydrogen-bond donors (Lipinski definition) is 0. The lowest BCUT2D eigenvalue weighted by molar-refractivity contribution is -0.119. The fourth-order valence-electron chi connectivity index (χ4n) is 3.32. The first-order chi connectivity index (χ1) is 6.83. The van der Waals surface area contributed by atoms with Gasteiger partial charge in [-0.15, -0.1) is 11.8 Å². The van der Waals surface area contributed by atoms with Crippen LogP contribution in [0.25, 0.3) is 0 Å². The molecule has 70 valence electrons. The molecule has 2 saturated carbocycles. The smallest absolute Gasteiger partial charge is 0.138 e. The second-order valence-corrected chi connectivity index (χ2v) is 5.92. The van der Waals surface area contributed by atoms with Gasteiger partial charge in [-0.2, -0.15) is 0 Å². The summed E-state index contributed by atoms with van der Waals surface area (Å²) in [6, 6.07) is 8.59. The number of rotatable bonds is 0. The highest BCUT2D eigenvalue weighted by atomic mass is 32.2. The largest absolute Gasteiger partial charge is 0.299 e. The Hall–Kier alpha value is -0.760. The van der Waals surface area contributed by atoms with Crippen LogP contribution in [0, 0.1) is 5.92 Å². The van der Waals surface area contributed by atoms with Gasteiger partial charge in [0.15, 0.2) is 0 Å². The molecule has 1 nitrogen and oxygen atoms in total. The predicted molar refractivity (Wildman–Crippen MR) is 55.5 cm³/mol. The first-order valence-corrected chi connectivity index (χ1v) is 5.95. The summed E-state index contributed by atoms with van der Waals surface area (Å²) in [7, 11) is 0. The van der Waals surface area contributed by atoms with Crippen molar-refractivity contribution >= 4 is 17.5 Å². The third kappa shape index (κ3) is 0.630. The van der Waals surface area contributed by atoms with Crippen LogP contribution in [0.4, 0.5) is 0 Å². The van der Waals surface area contributed by atoms with E-state index < -0.39 is 0 Å². The molecule has 1 aliphatic heterocycles. The van der Waals surface area contributed by atoms with E-state index in [-0.39, 0.29) is 0 Å². The van der Waals surface area contributed by atoms with E-state index in [1.807, 2.05) is 11.8 Å². The van der Waals surface area contributed by atoms with Crippen molar-refractivity contribution < 1.29 is 4.79 Å². The van der Waals surface area contributed by atoms with E-state index in [0.29, 0.717) is 22.4 Å². The SMILES string of the molecule is O=C1CC[C@]23Sc4ccccc4[C@H]2[C@H]13. The average molecular weight is 202 g/mol. The summed E-state index contributed by atoms with van der Waals surface area (Å²) in [5, 5.41) is 0. The lowest BCUT2D eigenvalue weighted by atomic mass is 10.0. The lowest BCUT2D eigenvalue weighted by Crippen LogP contribution is -1.99. The maximum atomic E-state index is 11.6. The van der Waals surface area contributed by atoms with Crippen LogP contribution in [0.2, 0.25) is 0 Å². The van der Waals surface area contributed by atoms with Crippen molar-refractivity contribution in [1.29, 1.82) is 0 Å². The van der Waals surface area contributed by atoms with Gasteiger partial charge in [0.1, 0.15) is 5.78 Å². The van der Waals surface area contributed by atoms with Gasteiger partial charge >= 0.3 is 0 Å². The highest BCUT2D eigenvalue weighted by Crippen LogP contribution is 2.78. The van der Waals surface area contributed by atoms with Crippen LogP contribution >= 0.6 is 11.8 Å². The van der Waals surface area contributed by atoms with Crippen LogP contribution in [0.1, 0.15) is 24.3 Å². The molecule has 1 aromatic rings. The number of hydrogen-bond acceptors (Lipinski definition) is 2. The van der Waals surface area contributed by atoms with Crippen molar-refractivity contribution in [3.63, 3.8) is 0 Å². The molecule has 1 heterocycles. The molecular formula is C12H10OS. The van der Waals surface area contributed by atoms with E-state index in [9.17, 15) is 4.79 Å². The van der Waals surface area contributed by atoms with E-state index in [2.05, 4.69) is 24.3 Å². The second kappa shape index (κ2) is 2.08. The molecule has 1 aromatic carbocycles. The molecule has 0 bridgehead atoms. The number of fused-ring (bicyclic) bond motifs is 3. The summed E-state index contributed by atoms with van der Waals surface area (Å²) in [6.07, 6.45) is 1.93. The standard InChI is InChI=1S/C12H10OS/c13-8-5-6-12-10(11(8)12)7-3-1-2-4-9(7)14-12/h1-4,10-11H,5-6H2/t10-,11-,12-/m0/s1. The third-order valence-electron chi connectivity index (χ3n) is 3.94.